The first kappa shape index (κ1) is 18.3. The second kappa shape index (κ2) is 6.83. The second-order valence-corrected chi connectivity index (χ2v) is 22.4. The number of carbonyl (C=O) groups excluding carboxylic acids is 1. The molecule has 1 aromatic heterocycles. The van der Waals surface area contributed by atoms with Gasteiger partial charge in [0, 0.05) is 0 Å². The van der Waals surface area contributed by atoms with Crippen molar-refractivity contribution < 1.29 is 9.53 Å². The molecular weight excluding hydrogens is 399 g/mol. The zero-order chi connectivity index (χ0) is 17.3. The van der Waals surface area contributed by atoms with Crippen LogP contribution in [0, 0.1) is 0 Å². The average Bonchev–Trinajstić information content (AvgIpc) is 2.85. The minimum atomic E-state index is -2.14. The third kappa shape index (κ3) is 5.51. The maximum atomic E-state index is 12.1. The van der Waals surface area contributed by atoms with Gasteiger partial charge < -0.3 is 0 Å². The molecule has 0 bridgehead atoms. The Hall–Kier alpha value is -1.05. The van der Waals surface area contributed by atoms with Crippen LogP contribution in [0.4, 0.5) is 10.6 Å². The predicted octanol–water partition coefficient (Wildman–Crippen LogP) is 2.44. The van der Waals surface area contributed by atoms with Crippen LogP contribution in [0.25, 0.3) is 0 Å². The molecule has 0 aliphatic carbocycles. The Kier molecular flexibility index (Phi) is 5.43. The van der Waals surface area contributed by atoms with E-state index in [-0.39, 0.29) is 12.1 Å². The molecule has 6 nitrogen and oxygen atoms in total. The van der Waals surface area contributed by atoms with Crippen molar-refractivity contribution >= 4 is 34.0 Å². The normalized spacial score (nSPS) is 18.9. The zero-order valence-electron chi connectivity index (χ0n) is 15.0. The summed E-state index contributed by atoms with van der Waals surface area (Å²) in [5, 5.41) is 3.37. The molecule has 1 aromatic rings. The first-order valence-corrected chi connectivity index (χ1v) is 18.1. The topological polar surface area (TPSA) is 67.3 Å². The third-order valence-corrected chi connectivity index (χ3v) is 8.74. The number of amides is 1. The van der Waals surface area contributed by atoms with Crippen LogP contribution in [0.15, 0.2) is 12.4 Å². The van der Waals surface area contributed by atoms with Gasteiger partial charge in [0.05, 0.1) is 0 Å². The van der Waals surface area contributed by atoms with Gasteiger partial charge in [-0.1, -0.05) is 0 Å². The number of nitrogens with one attached hydrogen (secondary N) is 1. The Morgan fingerprint density at radius 3 is 2.52 bits per heavy atom. The third-order valence-electron chi connectivity index (χ3n) is 3.61. The fraction of sp³-hybridized carbons (Fsp3) is 0.688. The molecular formula is C16H28N4O2Sn. The molecule has 1 amide bonds. The van der Waals surface area contributed by atoms with E-state index < -0.39 is 24.0 Å². The predicted molar refractivity (Wildman–Crippen MR) is 94.8 cm³/mol. The Morgan fingerprint density at radius 2 is 2.00 bits per heavy atom. The summed E-state index contributed by atoms with van der Waals surface area (Å²) in [5.41, 5.74) is -0.456. The van der Waals surface area contributed by atoms with E-state index in [9.17, 15) is 4.79 Å². The number of ether oxygens (including phenoxy) is 1. The standard InChI is InChI=1S/C13H19N4O2.3CH3.Sn/c1-13(2,3)19-12(18)17-7-4-10(9-17)16-11-8-14-5-6-15-11;;;;/h6,8,10H,4,7,9H2,1-3H3,(H,15,16);3*1H3;. The molecule has 7 heteroatoms. The van der Waals surface area contributed by atoms with Gasteiger partial charge in [-0.05, 0) is 0 Å². The molecule has 1 unspecified atom stereocenters. The molecule has 128 valence electrons. The number of rotatable bonds is 3. The minimum absolute atomic E-state index is 0.195. The van der Waals surface area contributed by atoms with Crippen molar-refractivity contribution in [3.63, 3.8) is 0 Å². The van der Waals surface area contributed by atoms with Gasteiger partial charge in [-0.25, -0.2) is 0 Å². The van der Waals surface area contributed by atoms with Crippen LogP contribution in [0.1, 0.15) is 27.2 Å². The quantitative estimate of drug-likeness (QED) is 0.751. The van der Waals surface area contributed by atoms with Crippen molar-refractivity contribution in [2.75, 3.05) is 18.4 Å². The summed E-state index contributed by atoms with van der Waals surface area (Å²) < 4.78 is 6.58. The average molecular weight is 427 g/mol. The van der Waals surface area contributed by atoms with E-state index >= 15 is 0 Å². The fourth-order valence-electron chi connectivity index (χ4n) is 2.37. The van der Waals surface area contributed by atoms with Gasteiger partial charge in [-0.15, -0.1) is 0 Å². The molecule has 1 aliphatic rings. The Labute approximate surface area is 142 Å². The van der Waals surface area contributed by atoms with Crippen molar-refractivity contribution in [3.05, 3.63) is 12.4 Å². The van der Waals surface area contributed by atoms with Crippen molar-refractivity contribution in [2.45, 2.75) is 53.7 Å². The number of nitrogens with zero attached hydrogens (tertiary/aromatic N) is 3. The molecule has 1 aliphatic heterocycles. The Bertz CT molecular complexity index is 549. The van der Waals surface area contributed by atoms with Crippen LogP contribution in [0.3, 0.4) is 0 Å². The number of aromatic nitrogens is 2. The maximum absolute atomic E-state index is 12.1. The van der Waals surface area contributed by atoms with Crippen molar-refractivity contribution in [1.82, 2.24) is 14.9 Å². The molecule has 2 heterocycles. The zero-order valence-corrected chi connectivity index (χ0v) is 17.9. The Balaban J connectivity index is 1.89. The van der Waals surface area contributed by atoms with E-state index in [2.05, 4.69) is 30.1 Å². The van der Waals surface area contributed by atoms with E-state index in [0.717, 1.165) is 12.2 Å². The summed E-state index contributed by atoms with van der Waals surface area (Å²) in [5.74, 6) is 0.778. The van der Waals surface area contributed by atoms with Gasteiger partial charge in [0.1, 0.15) is 0 Å². The van der Waals surface area contributed by atoms with E-state index in [0.29, 0.717) is 13.1 Å². The Morgan fingerprint density at radius 1 is 1.30 bits per heavy atom. The molecule has 23 heavy (non-hydrogen) atoms. The van der Waals surface area contributed by atoms with Gasteiger partial charge in [-0.2, -0.15) is 0 Å². The van der Waals surface area contributed by atoms with E-state index in [4.69, 9.17) is 4.74 Å². The molecule has 1 saturated heterocycles. The van der Waals surface area contributed by atoms with E-state index in [1.807, 2.05) is 33.2 Å². The summed E-state index contributed by atoms with van der Waals surface area (Å²) in [6, 6.07) is 0.195. The van der Waals surface area contributed by atoms with Crippen molar-refractivity contribution in [2.24, 2.45) is 0 Å². The molecule has 0 saturated carbocycles. The number of hydrogen-bond donors (Lipinski definition) is 1. The second-order valence-electron chi connectivity index (χ2n) is 8.09. The number of anilines is 1. The van der Waals surface area contributed by atoms with E-state index in [1.54, 1.807) is 4.90 Å². The summed E-state index contributed by atoms with van der Waals surface area (Å²) in [4.78, 5) is 29.8. The van der Waals surface area contributed by atoms with Crippen LogP contribution < -0.4 is 9.03 Å². The van der Waals surface area contributed by atoms with Gasteiger partial charge in [0.25, 0.3) is 0 Å². The van der Waals surface area contributed by atoms with E-state index in [1.165, 1.54) is 3.71 Å². The molecule has 1 fully saturated rings. The number of hydrogen-bond acceptors (Lipinski definition) is 5. The molecule has 0 aromatic carbocycles. The van der Waals surface area contributed by atoms with Gasteiger partial charge in [0.15, 0.2) is 0 Å². The molecule has 0 radical (unpaired) electrons. The van der Waals surface area contributed by atoms with Crippen molar-refractivity contribution in [3.8, 4) is 0 Å². The summed E-state index contributed by atoms with van der Waals surface area (Å²) in [7, 11) is 0. The summed E-state index contributed by atoms with van der Waals surface area (Å²) >= 11 is -2.14. The SMILES string of the molecule is CC(C)(C)OC(=O)N1CCC(Nc2cn[c]([Sn]([CH3])([CH3])[CH3])cn2)C1. The fourth-order valence-corrected chi connectivity index (χ4v) is 4.95. The number of likely N-dealkylation sites (tertiary alicyclic amines) is 1. The van der Waals surface area contributed by atoms with Gasteiger partial charge >= 0.3 is 143 Å². The molecule has 2 rings (SSSR count). The van der Waals surface area contributed by atoms with Crippen LogP contribution in [0.5, 0.6) is 0 Å². The van der Waals surface area contributed by atoms with Crippen molar-refractivity contribution in [1.29, 1.82) is 0 Å². The van der Waals surface area contributed by atoms with Crippen LogP contribution >= 0.6 is 0 Å². The van der Waals surface area contributed by atoms with Crippen LogP contribution in [-0.2, 0) is 4.74 Å². The first-order chi connectivity index (χ1) is 10.5. The van der Waals surface area contributed by atoms with Gasteiger partial charge in [-0.3, -0.25) is 0 Å². The summed E-state index contributed by atoms with van der Waals surface area (Å²) in [6.45, 7) is 6.99. The molecule has 1 atom stereocenters. The number of carbonyl (C=O) groups is 1. The van der Waals surface area contributed by atoms with Gasteiger partial charge in [0.2, 0.25) is 0 Å². The summed E-state index contributed by atoms with van der Waals surface area (Å²) in [6.07, 6.45) is 4.36. The molecule has 0 spiro atoms. The molecule has 1 N–H and O–H groups in total. The van der Waals surface area contributed by atoms with Crippen LogP contribution in [0.2, 0.25) is 14.8 Å². The van der Waals surface area contributed by atoms with Crippen LogP contribution in [-0.4, -0.2) is 64.1 Å². The monoisotopic (exact) mass is 428 g/mol. The first-order valence-electron chi connectivity index (χ1n) is 8.11.